The highest BCUT2D eigenvalue weighted by Gasteiger charge is 2.41. The molecule has 1 aliphatic rings. The van der Waals surface area contributed by atoms with Crippen LogP contribution in [0.25, 0.3) is 0 Å². The molecule has 0 radical (unpaired) electrons. The summed E-state index contributed by atoms with van der Waals surface area (Å²) >= 11 is 0. The number of aliphatic hydroxyl groups excluding tert-OH is 1. The first-order valence-corrected chi connectivity index (χ1v) is 4.44. The topological polar surface area (TPSA) is 37.3 Å². The van der Waals surface area contributed by atoms with Crippen LogP contribution in [-0.2, 0) is 4.79 Å². The van der Waals surface area contributed by atoms with Crippen LogP contribution in [-0.4, -0.2) is 17.5 Å². The van der Waals surface area contributed by atoms with Gasteiger partial charge in [-0.15, -0.1) is 0 Å². The zero-order valence-electron chi connectivity index (χ0n) is 7.66. The number of hydrogen-bond donors (Lipinski definition) is 1. The van der Waals surface area contributed by atoms with Gasteiger partial charge < -0.3 is 5.11 Å². The fraction of sp³-hybridized carbons (Fsp3) is 0.700. The normalized spacial score (nSPS) is 35.1. The number of aliphatic hydroxyl groups is 1. The molecule has 0 amide bonds. The van der Waals surface area contributed by atoms with E-state index in [0.29, 0.717) is 5.92 Å². The van der Waals surface area contributed by atoms with E-state index in [2.05, 4.69) is 6.08 Å². The van der Waals surface area contributed by atoms with Gasteiger partial charge in [0.1, 0.15) is 5.78 Å². The maximum atomic E-state index is 11.0. The summed E-state index contributed by atoms with van der Waals surface area (Å²) < 4.78 is 0. The lowest BCUT2D eigenvalue weighted by Gasteiger charge is -2.40. The van der Waals surface area contributed by atoms with Crippen molar-refractivity contribution < 1.29 is 9.90 Å². The van der Waals surface area contributed by atoms with Crippen molar-refractivity contribution in [2.24, 2.45) is 17.8 Å². The van der Waals surface area contributed by atoms with Crippen LogP contribution in [0.5, 0.6) is 0 Å². The molecule has 0 spiro atoms. The Balaban J connectivity index is 2.51. The van der Waals surface area contributed by atoms with Gasteiger partial charge in [-0.05, 0) is 32.1 Å². The monoisotopic (exact) mass is 168 g/mol. The molecule has 0 aromatic carbocycles. The van der Waals surface area contributed by atoms with Crippen LogP contribution < -0.4 is 0 Å². The number of Topliss-reactive ketones (excluding diaryl/α,β-unsaturated/α-hetero) is 1. The van der Waals surface area contributed by atoms with Crippen molar-refractivity contribution in [3.05, 3.63) is 12.2 Å². The molecule has 1 aliphatic carbocycles. The van der Waals surface area contributed by atoms with Gasteiger partial charge in [0.25, 0.3) is 0 Å². The summed E-state index contributed by atoms with van der Waals surface area (Å²) in [5.74, 6) is 0.929. The van der Waals surface area contributed by atoms with Crippen LogP contribution in [0.3, 0.4) is 0 Å². The van der Waals surface area contributed by atoms with Crippen molar-refractivity contribution in [1.82, 2.24) is 0 Å². The lowest BCUT2D eigenvalue weighted by atomic mass is 9.63. The second kappa shape index (κ2) is 3.85. The summed E-state index contributed by atoms with van der Waals surface area (Å²) in [4.78, 5) is 11.0. The molecule has 0 aromatic rings. The summed E-state index contributed by atoms with van der Waals surface area (Å²) in [5.41, 5.74) is 0. The standard InChI is InChI=1S/C10H16O2/c1-3-4-8-5-9(7(2)12)10(8)6-11/h3-4,8-11H,5-6H2,1-2H3/b4-3+/t8?,9-,10-/m1/s1. The van der Waals surface area contributed by atoms with E-state index in [9.17, 15) is 4.79 Å². The van der Waals surface area contributed by atoms with Crippen LogP contribution in [0.2, 0.25) is 0 Å². The van der Waals surface area contributed by atoms with E-state index in [1.54, 1.807) is 6.92 Å². The lowest BCUT2D eigenvalue weighted by Crippen LogP contribution is -2.41. The van der Waals surface area contributed by atoms with Crippen molar-refractivity contribution in [1.29, 1.82) is 0 Å². The SMILES string of the molecule is C/C=C/C1C[C@H](C(C)=O)[C@@H]1CO. The Hall–Kier alpha value is -0.630. The Kier molecular flexibility index (Phi) is 3.04. The predicted molar refractivity (Wildman–Crippen MR) is 47.7 cm³/mol. The van der Waals surface area contributed by atoms with Gasteiger partial charge in [0.05, 0.1) is 0 Å². The van der Waals surface area contributed by atoms with Gasteiger partial charge in [-0.3, -0.25) is 4.79 Å². The maximum Gasteiger partial charge on any atom is 0.133 e. The zero-order chi connectivity index (χ0) is 9.14. The van der Waals surface area contributed by atoms with Crippen molar-refractivity contribution in [2.45, 2.75) is 20.3 Å². The molecule has 0 heterocycles. The van der Waals surface area contributed by atoms with Gasteiger partial charge in [-0.2, -0.15) is 0 Å². The predicted octanol–water partition coefficient (Wildman–Crippen LogP) is 1.40. The van der Waals surface area contributed by atoms with E-state index in [1.807, 2.05) is 13.0 Å². The molecule has 1 rings (SSSR count). The molecule has 2 nitrogen and oxygen atoms in total. The Bertz CT molecular complexity index is 196. The van der Waals surface area contributed by atoms with Gasteiger partial charge >= 0.3 is 0 Å². The molecule has 2 heteroatoms. The average Bonchev–Trinajstić information content (AvgIpc) is 1.97. The molecule has 1 unspecified atom stereocenters. The number of carbonyl (C=O) groups is 1. The largest absolute Gasteiger partial charge is 0.396 e. The number of ketones is 1. The molecule has 0 aliphatic heterocycles. The Morgan fingerprint density at radius 2 is 2.33 bits per heavy atom. The van der Waals surface area contributed by atoms with Gasteiger partial charge in [0.2, 0.25) is 0 Å². The molecule has 0 aromatic heterocycles. The molecule has 1 fully saturated rings. The van der Waals surface area contributed by atoms with Crippen LogP contribution in [0.1, 0.15) is 20.3 Å². The average molecular weight is 168 g/mol. The van der Waals surface area contributed by atoms with E-state index in [-0.39, 0.29) is 24.2 Å². The highest BCUT2D eigenvalue weighted by molar-refractivity contribution is 5.79. The smallest absolute Gasteiger partial charge is 0.133 e. The zero-order valence-corrected chi connectivity index (χ0v) is 7.66. The Morgan fingerprint density at radius 1 is 1.67 bits per heavy atom. The molecule has 1 N–H and O–H groups in total. The molecule has 0 bridgehead atoms. The van der Waals surface area contributed by atoms with Gasteiger partial charge in [0.15, 0.2) is 0 Å². The second-order valence-corrected chi connectivity index (χ2v) is 3.49. The number of allylic oxidation sites excluding steroid dienone is 2. The van der Waals surface area contributed by atoms with Crippen LogP contribution in [0, 0.1) is 17.8 Å². The molecular formula is C10H16O2. The van der Waals surface area contributed by atoms with E-state index >= 15 is 0 Å². The maximum absolute atomic E-state index is 11.0. The van der Waals surface area contributed by atoms with Crippen molar-refractivity contribution in [2.75, 3.05) is 6.61 Å². The fourth-order valence-electron chi connectivity index (χ4n) is 1.94. The van der Waals surface area contributed by atoms with Crippen LogP contribution in [0.4, 0.5) is 0 Å². The van der Waals surface area contributed by atoms with Gasteiger partial charge in [-0.1, -0.05) is 12.2 Å². The van der Waals surface area contributed by atoms with Crippen molar-refractivity contribution in [3.63, 3.8) is 0 Å². The summed E-state index contributed by atoms with van der Waals surface area (Å²) in [6.07, 6.45) is 4.99. The second-order valence-electron chi connectivity index (χ2n) is 3.49. The fourth-order valence-corrected chi connectivity index (χ4v) is 1.94. The van der Waals surface area contributed by atoms with E-state index in [4.69, 9.17) is 5.11 Å². The molecule has 3 atom stereocenters. The van der Waals surface area contributed by atoms with E-state index < -0.39 is 0 Å². The molecular weight excluding hydrogens is 152 g/mol. The van der Waals surface area contributed by atoms with Crippen molar-refractivity contribution >= 4 is 5.78 Å². The summed E-state index contributed by atoms with van der Waals surface area (Å²) in [6.45, 7) is 3.72. The van der Waals surface area contributed by atoms with Crippen LogP contribution in [0.15, 0.2) is 12.2 Å². The minimum Gasteiger partial charge on any atom is -0.396 e. The molecule has 68 valence electrons. The minimum absolute atomic E-state index is 0.108. The molecule has 12 heavy (non-hydrogen) atoms. The van der Waals surface area contributed by atoms with E-state index in [0.717, 1.165) is 6.42 Å². The third kappa shape index (κ3) is 1.58. The van der Waals surface area contributed by atoms with Gasteiger partial charge in [-0.25, -0.2) is 0 Å². The summed E-state index contributed by atoms with van der Waals surface area (Å²) in [7, 11) is 0. The number of rotatable bonds is 3. The number of carbonyl (C=O) groups excluding carboxylic acids is 1. The Labute approximate surface area is 73.3 Å². The van der Waals surface area contributed by atoms with E-state index in [1.165, 1.54) is 0 Å². The van der Waals surface area contributed by atoms with Gasteiger partial charge in [0, 0.05) is 12.5 Å². The molecule has 1 saturated carbocycles. The third-order valence-corrected chi connectivity index (χ3v) is 2.77. The highest BCUT2D eigenvalue weighted by Crippen LogP contribution is 2.41. The summed E-state index contributed by atoms with van der Waals surface area (Å²) in [5, 5.41) is 9.02. The lowest BCUT2D eigenvalue weighted by molar-refractivity contribution is -0.129. The van der Waals surface area contributed by atoms with Crippen molar-refractivity contribution in [3.8, 4) is 0 Å². The first-order chi connectivity index (χ1) is 5.70. The highest BCUT2D eigenvalue weighted by atomic mass is 16.3. The quantitative estimate of drug-likeness (QED) is 0.647. The first kappa shape index (κ1) is 9.46. The molecule has 0 saturated heterocycles. The summed E-state index contributed by atoms with van der Waals surface area (Å²) in [6, 6.07) is 0. The Morgan fingerprint density at radius 3 is 2.75 bits per heavy atom. The van der Waals surface area contributed by atoms with Crippen LogP contribution >= 0.6 is 0 Å². The third-order valence-electron chi connectivity index (χ3n) is 2.77. The number of hydrogen-bond acceptors (Lipinski definition) is 2. The minimum atomic E-state index is 0.108. The first-order valence-electron chi connectivity index (χ1n) is 4.44.